The number of halogens is 1. The maximum atomic E-state index is 12.9. The number of nitrogens with zero attached hydrogens (tertiary/aromatic N) is 1. The second kappa shape index (κ2) is 8.08. The molecule has 4 aromatic rings. The van der Waals surface area contributed by atoms with E-state index in [0.29, 0.717) is 44.8 Å². The van der Waals surface area contributed by atoms with Crippen molar-refractivity contribution < 1.29 is 18.7 Å². The number of fused-ring (bicyclic) bond motifs is 1. The van der Waals surface area contributed by atoms with Gasteiger partial charge in [0.15, 0.2) is 5.58 Å². The topological polar surface area (TPSA) is 73.6 Å². The molecule has 3 aromatic carbocycles. The SMILES string of the molecule is COc1ccc2oc(-c3ccc(C)c(NC(=O)c4cc(Cl)ccc4OC)c3)nc2c1. The molecule has 1 heterocycles. The number of ether oxygens (including phenoxy) is 2. The lowest BCUT2D eigenvalue weighted by Crippen LogP contribution is -2.14. The van der Waals surface area contributed by atoms with E-state index >= 15 is 0 Å². The van der Waals surface area contributed by atoms with Crippen LogP contribution in [0.3, 0.4) is 0 Å². The molecule has 0 spiro atoms. The first-order valence-electron chi connectivity index (χ1n) is 9.19. The highest BCUT2D eigenvalue weighted by molar-refractivity contribution is 6.31. The fraction of sp³-hybridized carbons (Fsp3) is 0.130. The van der Waals surface area contributed by atoms with Gasteiger partial charge in [0.25, 0.3) is 5.91 Å². The van der Waals surface area contributed by atoms with Gasteiger partial charge in [-0.15, -0.1) is 0 Å². The van der Waals surface area contributed by atoms with E-state index in [1.54, 1.807) is 25.3 Å². The van der Waals surface area contributed by atoms with Gasteiger partial charge in [-0.1, -0.05) is 17.7 Å². The van der Waals surface area contributed by atoms with Crippen molar-refractivity contribution in [1.29, 1.82) is 0 Å². The van der Waals surface area contributed by atoms with Crippen LogP contribution in [0.25, 0.3) is 22.6 Å². The number of aryl methyl sites for hydroxylation is 1. The highest BCUT2D eigenvalue weighted by atomic mass is 35.5. The molecule has 30 heavy (non-hydrogen) atoms. The first kappa shape index (κ1) is 19.8. The third kappa shape index (κ3) is 3.82. The molecule has 0 atom stereocenters. The number of rotatable bonds is 5. The molecule has 0 bridgehead atoms. The second-order valence-electron chi connectivity index (χ2n) is 6.68. The first-order chi connectivity index (χ1) is 14.5. The van der Waals surface area contributed by atoms with Gasteiger partial charge >= 0.3 is 0 Å². The number of aromatic nitrogens is 1. The quantitative estimate of drug-likeness (QED) is 0.444. The molecule has 0 saturated heterocycles. The maximum Gasteiger partial charge on any atom is 0.259 e. The van der Waals surface area contributed by atoms with Crippen molar-refractivity contribution >= 4 is 34.3 Å². The zero-order chi connectivity index (χ0) is 21.3. The average Bonchev–Trinajstić information content (AvgIpc) is 3.18. The summed E-state index contributed by atoms with van der Waals surface area (Å²) in [6.07, 6.45) is 0. The van der Waals surface area contributed by atoms with E-state index in [-0.39, 0.29) is 5.91 Å². The van der Waals surface area contributed by atoms with Crippen LogP contribution < -0.4 is 14.8 Å². The van der Waals surface area contributed by atoms with Crippen molar-refractivity contribution in [2.45, 2.75) is 6.92 Å². The van der Waals surface area contributed by atoms with Gasteiger partial charge in [-0.2, -0.15) is 0 Å². The van der Waals surface area contributed by atoms with Crippen LogP contribution in [0.2, 0.25) is 5.02 Å². The molecule has 152 valence electrons. The number of nitrogens with one attached hydrogen (secondary N) is 1. The summed E-state index contributed by atoms with van der Waals surface area (Å²) < 4.78 is 16.4. The molecular formula is C23H19ClN2O4. The Morgan fingerprint density at radius 2 is 1.87 bits per heavy atom. The Kier molecular flexibility index (Phi) is 5.33. The van der Waals surface area contributed by atoms with E-state index in [2.05, 4.69) is 10.3 Å². The van der Waals surface area contributed by atoms with Crippen molar-refractivity contribution in [2.75, 3.05) is 19.5 Å². The van der Waals surface area contributed by atoms with Gasteiger partial charge in [-0.25, -0.2) is 4.98 Å². The lowest BCUT2D eigenvalue weighted by atomic mass is 10.1. The Bertz CT molecular complexity index is 1250. The summed E-state index contributed by atoms with van der Waals surface area (Å²) in [5, 5.41) is 3.38. The van der Waals surface area contributed by atoms with Gasteiger partial charge in [-0.05, 0) is 55.0 Å². The Labute approximate surface area is 178 Å². The van der Waals surface area contributed by atoms with Crippen LogP contribution in [-0.2, 0) is 0 Å². The van der Waals surface area contributed by atoms with Gasteiger partial charge < -0.3 is 19.2 Å². The zero-order valence-electron chi connectivity index (χ0n) is 16.7. The van der Waals surface area contributed by atoms with Crippen LogP contribution in [0.5, 0.6) is 11.5 Å². The average molecular weight is 423 g/mol. The molecule has 0 aliphatic carbocycles. The molecule has 1 aromatic heterocycles. The number of carbonyl (C=O) groups is 1. The van der Waals surface area contributed by atoms with Crippen LogP contribution in [0.4, 0.5) is 5.69 Å². The largest absolute Gasteiger partial charge is 0.497 e. The molecule has 0 aliphatic heterocycles. The van der Waals surface area contributed by atoms with Gasteiger partial charge in [0.2, 0.25) is 5.89 Å². The highest BCUT2D eigenvalue weighted by Gasteiger charge is 2.16. The fourth-order valence-electron chi connectivity index (χ4n) is 3.09. The molecule has 0 unspecified atom stereocenters. The number of oxazole rings is 1. The summed E-state index contributed by atoms with van der Waals surface area (Å²) >= 11 is 6.05. The Balaban J connectivity index is 1.67. The molecule has 4 rings (SSSR count). The number of hydrogen-bond donors (Lipinski definition) is 1. The predicted octanol–water partition coefficient (Wildman–Crippen LogP) is 5.73. The van der Waals surface area contributed by atoms with Gasteiger partial charge in [0, 0.05) is 22.3 Å². The van der Waals surface area contributed by atoms with Crippen molar-refractivity contribution in [3.05, 3.63) is 70.7 Å². The van der Waals surface area contributed by atoms with Crippen molar-refractivity contribution in [3.63, 3.8) is 0 Å². The Hall–Kier alpha value is -3.51. The van der Waals surface area contributed by atoms with Gasteiger partial charge in [0.05, 0.1) is 19.8 Å². The van der Waals surface area contributed by atoms with E-state index in [9.17, 15) is 4.79 Å². The molecule has 0 saturated carbocycles. The van der Waals surface area contributed by atoms with Crippen LogP contribution in [0.15, 0.2) is 59.0 Å². The number of carbonyl (C=O) groups excluding carboxylic acids is 1. The number of amides is 1. The lowest BCUT2D eigenvalue weighted by Gasteiger charge is -2.12. The van der Waals surface area contributed by atoms with Crippen LogP contribution in [0, 0.1) is 6.92 Å². The number of hydrogen-bond acceptors (Lipinski definition) is 5. The first-order valence-corrected chi connectivity index (χ1v) is 9.57. The summed E-state index contributed by atoms with van der Waals surface area (Å²) in [6, 6.07) is 16.0. The van der Waals surface area contributed by atoms with E-state index < -0.39 is 0 Å². The maximum absolute atomic E-state index is 12.9. The van der Waals surface area contributed by atoms with Crippen LogP contribution >= 0.6 is 11.6 Å². The molecule has 0 aliphatic rings. The summed E-state index contributed by atoms with van der Waals surface area (Å²) in [6.45, 7) is 1.91. The molecule has 1 N–H and O–H groups in total. The summed E-state index contributed by atoms with van der Waals surface area (Å²) in [5.41, 5.74) is 3.97. The number of benzene rings is 3. The minimum atomic E-state index is -0.322. The normalized spacial score (nSPS) is 10.8. The third-order valence-electron chi connectivity index (χ3n) is 4.73. The third-order valence-corrected chi connectivity index (χ3v) is 4.97. The smallest absolute Gasteiger partial charge is 0.259 e. The van der Waals surface area contributed by atoms with E-state index in [4.69, 9.17) is 25.5 Å². The van der Waals surface area contributed by atoms with Gasteiger partial charge in [-0.3, -0.25) is 4.79 Å². The fourth-order valence-corrected chi connectivity index (χ4v) is 3.27. The molecule has 0 fully saturated rings. The predicted molar refractivity (Wildman–Crippen MR) is 117 cm³/mol. The summed E-state index contributed by atoms with van der Waals surface area (Å²) in [7, 11) is 3.11. The molecule has 0 radical (unpaired) electrons. The Morgan fingerprint density at radius 3 is 2.63 bits per heavy atom. The Morgan fingerprint density at radius 1 is 1.03 bits per heavy atom. The van der Waals surface area contributed by atoms with Gasteiger partial charge in [0.1, 0.15) is 17.0 Å². The van der Waals surface area contributed by atoms with E-state index in [1.807, 2.05) is 43.3 Å². The zero-order valence-corrected chi connectivity index (χ0v) is 17.4. The number of methoxy groups -OCH3 is 2. The van der Waals surface area contributed by atoms with Crippen LogP contribution in [-0.4, -0.2) is 25.1 Å². The summed E-state index contributed by atoms with van der Waals surface area (Å²) in [5.74, 6) is 1.28. The van der Waals surface area contributed by atoms with E-state index in [1.165, 1.54) is 7.11 Å². The molecular weight excluding hydrogens is 404 g/mol. The minimum absolute atomic E-state index is 0.322. The van der Waals surface area contributed by atoms with Crippen molar-refractivity contribution in [2.24, 2.45) is 0 Å². The standard InChI is InChI=1S/C23H19ClN2O4/c1-13-4-5-14(23-26-19-12-16(28-2)7-9-21(19)30-23)10-18(13)25-22(27)17-11-15(24)6-8-20(17)29-3/h4-12H,1-3H3,(H,25,27). The second-order valence-corrected chi connectivity index (χ2v) is 7.12. The molecule has 1 amide bonds. The lowest BCUT2D eigenvalue weighted by molar-refractivity contribution is 0.102. The monoisotopic (exact) mass is 422 g/mol. The van der Waals surface area contributed by atoms with E-state index in [0.717, 1.165) is 11.1 Å². The van der Waals surface area contributed by atoms with Crippen molar-refractivity contribution in [1.82, 2.24) is 4.98 Å². The minimum Gasteiger partial charge on any atom is -0.497 e. The summed E-state index contributed by atoms with van der Waals surface area (Å²) in [4.78, 5) is 17.4. The molecule has 7 heteroatoms. The van der Waals surface area contributed by atoms with Crippen LogP contribution in [0.1, 0.15) is 15.9 Å². The molecule has 6 nitrogen and oxygen atoms in total. The van der Waals surface area contributed by atoms with Crippen molar-refractivity contribution in [3.8, 4) is 23.0 Å². The highest BCUT2D eigenvalue weighted by Crippen LogP contribution is 2.30. The number of anilines is 1.